The molecule has 0 bridgehead atoms. The van der Waals surface area contributed by atoms with Crippen molar-refractivity contribution in [3.8, 4) is 0 Å². The van der Waals surface area contributed by atoms with Gasteiger partial charge in [-0.15, -0.1) is 0 Å². The van der Waals surface area contributed by atoms with Crippen molar-refractivity contribution in [1.82, 2.24) is 0 Å². The fraction of sp³-hybridized carbons (Fsp3) is 0.750. The van der Waals surface area contributed by atoms with Gasteiger partial charge in [-0.3, -0.25) is 0 Å². The van der Waals surface area contributed by atoms with Crippen molar-refractivity contribution in [3.63, 3.8) is 0 Å². The van der Waals surface area contributed by atoms with E-state index in [4.69, 9.17) is 9.84 Å². The van der Waals surface area contributed by atoms with E-state index < -0.39 is 5.97 Å². The van der Waals surface area contributed by atoms with Crippen LogP contribution in [0.4, 0.5) is 0 Å². The second-order valence-electron chi connectivity index (χ2n) is 3.67. The molecule has 1 N–H and O–H groups in total. The van der Waals surface area contributed by atoms with Gasteiger partial charge >= 0.3 is 5.97 Å². The lowest BCUT2D eigenvalue weighted by Gasteiger charge is -2.16. The predicted molar refractivity (Wildman–Crippen MR) is 60.9 cm³/mol. The van der Waals surface area contributed by atoms with Crippen LogP contribution in [0.15, 0.2) is 12.2 Å². The molecule has 15 heavy (non-hydrogen) atoms. The van der Waals surface area contributed by atoms with E-state index in [1.807, 2.05) is 6.92 Å². The van der Waals surface area contributed by atoms with Crippen molar-refractivity contribution in [2.75, 3.05) is 6.61 Å². The lowest BCUT2D eigenvalue weighted by atomic mass is 10.0. The zero-order valence-electron chi connectivity index (χ0n) is 9.79. The Morgan fingerprint density at radius 1 is 1.40 bits per heavy atom. The topological polar surface area (TPSA) is 46.5 Å². The van der Waals surface area contributed by atoms with Crippen LogP contribution in [-0.2, 0) is 9.53 Å². The first-order valence-electron chi connectivity index (χ1n) is 5.64. The number of hydrogen-bond donors (Lipinski definition) is 1. The highest BCUT2D eigenvalue weighted by Crippen LogP contribution is 2.14. The van der Waals surface area contributed by atoms with E-state index >= 15 is 0 Å². The molecule has 0 radical (unpaired) electrons. The Labute approximate surface area is 92.1 Å². The summed E-state index contributed by atoms with van der Waals surface area (Å²) in [5.41, 5.74) is 0.274. The quantitative estimate of drug-likeness (QED) is 0.600. The first-order valence-corrected chi connectivity index (χ1v) is 5.64. The SMILES string of the molecule is C=C(CCC(CCCC)OCC)C(=O)O. The first kappa shape index (κ1) is 14.2. The summed E-state index contributed by atoms with van der Waals surface area (Å²) in [5.74, 6) is -0.902. The number of carbonyl (C=O) groups is 1. The molecular formula is C12H22O3. The molecule has 3 nitrogen and oxygen atoms in total. The van der Waals surface area contributed by atoms with Crippen molar-refractivity contribution < 1.29 is 14.6 Å². The molecule has 3 heteroatoms. The van der Waals surface area contributed by atoms with Crippen molar-refractivity contribution in [2.24, 2.45) is 0 Å². The third-order valence-electron chi connectivity index (χ3n) is 2.35. The Hall–Kier alpha value is -0.830. The zero-order valence-corrected chi connectivity index (χ0v) is 9.79. The number of carboxylic acids is 1. The highest BCUT2D eigenvalue weighted by molar-refractivity contribution is 5.85. The molecule has 0 heterocycles. The van der Waals surface area contributed by atoms with Crippen molar-refractivity contribution in [1.29, 1.82) is 0 Å². The van der Waals surface area contributed by atoms with E-state index in [0.29, 0.717) is 13.0 Å². The molecule has 1 unspecified atom stereocenters. The molecule has 0 fully saturated rings. The summed E-state index contributed by atoms with van der Waals surface area (Å²) >= 11 is 0. The van der Waals surface area contributed by atoms with Crippen molar-refractivity contribution >= 4 is 5.97 Å². The molecule has 0 rings (SSSR count). The van der Waals surface area contributed by atoms with Gasteiger partial charge in [0.25, 0.3) is 0 Å². The normalized spacial score (nSPS) is 12.4. The third kappa shape index (κ3) is 7.14. The van der Waals surface area contributed by atoms with Gasteiger partial charge in [0.1, 0.15) is 0 Å². The monoisotopic (exact) mass is 214 g/mol. The predicted octanol–water partition coefficient (Wildman–Crippen LogP) is 3.00. The summed E-state index contributed by atoms with van der Waals surface area (Å²) in [5, 5.41) is 8.66. The Bertz CT molecular complexity index is 199. The highest BCUT2D eigenvalue weighted by atomic mass is 16.5. The second-order valence-corrected chi connectivity index (χ2v) is 3.67. The fourth-order valence-corrected chi connectivity index (χ4v) is 1.42. The highest BCUT2D eigenvalue weighted by Gasteiger charge is 2.11. The maximum absolute atomic E-state index is 10.5. The summed E-state index contributed by atoms with van der Waals surface area (Å²) in [6.45, 7) is 8.30. The lowest BCUT2D eigenvalue weighted by molar-refractivity contribution is -0.132. The average molecular weight is 214 g/mol. The number of unbranched alkanes of at least 4 members (excludes halogenated alkanes) is 1. The molecule has 0 aromatic heterocycles. The van der Waals surface area contributed by atoms with E-state index in [9.17, 15) is 4.79 Å². The number of aliphatic carboxylic acids is 1. The summed E-state index contributed by atoms with van der Waals surface area (Å²) in [6, 6.07) is 0. The van der Waals surface area contributed by atoms with Gasteiger partial charge < -0.3 is 9.84 Å². The van der Waals surface area contributed by atoms with Crippen LogP contribution in [-0.4, -0.2) is 23.8 Å². The van der Waals surface area contributed by atoms with E-state index in [-0.39, 0.29) is 11.7 Å². The number of hydrogen-bond acceptors (Lipinski definition) is 2. The summed E-state index contributed by atoms with van der Waals surface area (Å²) < 4.78 is 5.54. The van der Waals surface area contributed by atoms with Crippen LogP contribution < -0.4 is 0 Å². The molecule has 0 aliphatic heterocycles. The standard InChI is InChI=1S/C12H22O3/c1-4-6-7-11(15-5-2)9-8-10(3)12(13)14/h11H,3-9H2,1-2H3,(H,13,14). The smallest absolute Gasteiger partial charge is 0.330 e. The number of rotatable bonds is 9. The Morgan fingerprint density at radius 2 is 2.07 bits per heavy atom. The Kier molecular flexibility index (Phi) is 8.01. The van der Waals surface area contributed by atoms with Crippen LogP contribution in [0.25, 0.3) is 0 Å². The van der Waals surface area contributed by atoms with Gasteiger partial charge in [-0.2, -0.15) is 0 Å². The molecule has 0 saturated carbocycles. The number of carboxylic acid groups (broad SMARTS) is 1. The molecule has 0 aromatic carbocycles. The Morgan fingerprint density at radius 3 is 2.53 bits per heavy atom. The van der Waals surface area contributed by atoms with Crippen molar-refractivity contribution in [2.45, 2.75) is 52.1 Å². The lowest BCUT2D eigenvalue weighted by Crippen LogP contribution is -2.14. The van der Waals surface area contributed by atoms with Crippen LogP contribution in [0.2, 0.25) is 0 Å². The van der Waals surface area contributed by atoms with Gasteiger partial charge in [-0.05, 0) is 26.2 Å². The summed E-state index contributed by atoms with van der Waals surface area (Å²) in [6.07, 6.45) is 4.75. The van der Waals surface area contributed by atoms with Crippen LogP contribution in [0.1, 0.15) is 46.0 Å². The van der Waals surface area contributed by atoms with Crippen LogP contribution in [0, 0.1) is 0 Å². The van der Waals surface area contributed by atoms with Gasteiger partial charge in [-0.1, -0.05) is 26.3 Å². The first-order chi connectivity index (χ1) is 7.11. The molecule has 0 amide bonds. The summed E-state index contributed by atoms with van der Waals surface area (Å²) in [4.78, 5) is 10.5. The van der Waals surface area contributed by atoms with Gasteiger partial charge in [0.2, 0.25) is 0 Å². The summed E-state index contributed by atoms with van der Waals surface area (Å²) in [7, 11) is 0. The largest absolute Gasteiger partial charge is 0.478 e. The number of ether oxygens (including phenoxy) is 1. The molecule has 0 aromatic rings. The molecule has 0 spiro atoms. The zero-order chi connectivity index (χ0) is 11.7. The second kappa shape index (κ2) is 8.48. The third-order valence-corrected chi connectivity index (χ3v) is 2.35. The van der Waals surface area contributed by atoms with Gasteiger partial charge in [-0.25, -0.2) is 4.79 Å². The molecule has 0 saturated heterocycles. The molecule has 1 atom stereocenters. The van der Waals surface area contributed by atoms with Crippen LogP contribution in [0.5, 0.6) is 0 Å². The fourth-order valence-electron chi connectivity index (χ4n) is 1.42. The van der Waals surface area contributed by atoms with E-state index in [0.717, 1.165) is 25.7 Å². The van der Waals surface area contributed by atoms with Gasteiger partial charge in [0.05, 0.1) is 6.10 Å². The molecular weight excluding hydrogens is 192 g/mol. The average Bonchev–Trinajstić information content (AvgIpc) is 2.21. The molecule has 0 aliphatic carbocycles. The Balaban J connectivity index is 3.83. The van der Waals surface area contributed by atoms with Crippen LogP contribution >= 0.6 is 0 Å². The van der Waals surface area contributed by atoms with E-state index in [2.05, 4.69) is 13.5 Å². The van der Waals surface area contributed by atoms with Crippen molar-refractivity contribution in [3.05, 3.63) is 12.2 Å². The minimum Gasteiger partial charge on any atom is -0.478 e. The van der Waals surface area contributed by atoms with E-state index in [1.54, 1.807) is 0 Å². The molecule has 88 valence electrons. The maximum atomic E-state index is 10.5. The van der Waals surface area contributed by atoms with Gasteiger partial charge in [0.15, 0.2) is 0 Å². The molecule has 0 aliphatic rings. The van der Waals surface area contributed by atoms with Crippen LogP contribution in [0.3, 0.4) is 0 Å². The van der Waals surface area contributed by atoms with Gasteiger partial charge in [0, 0.05) is 12.2 Å². The van der Waals surface area contributed by atoms with E-state index in [1.165, 1.54) is 0 Å². The minimum absolute atomic E-state index is 0.186. The maximum Gasteiger partial charge on any atom is 0.330 e. The minimum atomic E-state index is -0.902.